The Morgan fingerprint density at radius 2 is 1.97 bits per heavy atom. The monoisotopic (exact) mass is 494 g/mol. The first-order valence-electron chi connectivity index (χ1n) is 12.3. The molecule has 0 radical (unpaired) electrons. The molecule has 6 rings (SSSR count). The second-order valence-electron chi connectivity index (χ2n) is 10.2. The average molecular weight is 495 g/mol. The van der Waals surface area contributed by atoms with Crippen molar-refractivity contribution >= 4 is 28.5 Å². The van der Waals surface area contributed by atoms with Crippen LogP contribution in [0.5, 0.6) is 0 Å². The van der Waals surface area contributed by atoms with E-state index in [0.29, 0.717) is 22.9 Å². The summed E-state index contributed by atoms with van der Waals surface area (Å²) in [6.07, 6.45) is 6.50. The van der Waals surface area contributed by atoms with Crippen molar-refractivity contribution in [1.82, 2.24) is 34.0 Å². The molecule has 5 heterocycles. The Kier molecular flexibility index (Phi) is 5.38. The normalized spacial score (nSPS) is 22.0. The molecule has 1 amide bonds. The van der Waals surface area contributed by atoms with Gasteiger partial charge in [0.1, 0.15) is 5.82 Å². The minimum absolute atomic E-state index is 0.152. The van der Waals surface area contributed by atoms with Crippen LogP contribution >= 0.6 is 0 Å². The number of hydrogen-bond donors (Lipinski definition) is 1. The first kappa shape index (κ1) is 22.8. The fourth-order valence-electron chi connectivity index (χ4n) is 5.63. The Bertz CT molecular complexity index is 1450. The van der Waals surface area contributed by atoms with Crippen LogP contribution in [0.2, 0.25) is 0 Å². The minimum Gasteiger partial charge on any atom is -0.350 e. The third kappa shape index (κ3) is 3.86. The van der Waals surface area contributed by atoms with Gasteiger partial charge in [0.2, 0.25) is 11.9 Å². The predicted molar refractivity (Wildman–Crippen MR) is 131 cm³/mol. The van der Waals surface area contributed by atoms with Gasteiger partial charge < -0.3 is 14.8 Å². The molecule has 1 aliphatic carbocycles. The van der Waals surface area contributed by atoms with Crippen molar-refractivity contribution in [3.8, 4) is 11.1 Å². The van der Waals surface area contributed by atoms with Crippen LogP contribution in [0, 0.1) is 12.3 Å². The van der Waals surface area contributed by atoms with E-state index in [0.717, 1.165) is 55.4 Å². The molecule has 9 nitrogen and oxygen atoms in total. The number of amides is 1. The van der Waals surface area contributed by atoms with Gasteiger partial charge in [-0.1, -0.05) is 6.92 Å². The SMILES string of the molecule is Cc1nc2ncc(-c3ccn4nc(NC5CC(C)(C(=O)N6CCCC6)C5)ncc34)cc2n1CC(F)F. The van der Waals surface area contributed by atoms with Crippen LogP contribution in [0.3, 0.4) is 0 Å². The van der Waals surface area contributed by atoms with Gasteiger partial charge in [0.05, 0.1) is 29.2 Å². The van der Waals surface area contributed by atoms with Crippen LogP contribution in [0.15, 0.2) is 30.7 Å². The van der Waals surface area contributed by atoms with Gasteiger partial charge in [0.15, 0.2) is 5.65 Å². The third-order valence-corrected chi connectivity index (χ3v) is 7.48. The molecular formula is C25H28F2N8O. The largest absolute Gasteiger partial charge is 0.350 e. The number of alkyl halides is 2. The Morgan fingerprint density at radius 3 is 2.72 bits per heavy atom. The fourth-order valence-corrected chi connectivity index (χ4v) is 5.63. The summed E-state index contributed by atoms with van der Waals surface area (Å²) in [7, 11) is 0. The molecule has 1 saturated carbocycles. The third-order valence-electron chi connectivity index (χ3n) is 7.48. The van der Waals surface area contributed by atoms with Crippen molar-refractivity contribution in [2.75, 3.05) is 18.4 Å². The van der Waals surface area contributed by atoms with E-state index in [1.165, 1.54) is 4.57 Å². The van der Waals surface area contributed by atoms with E-state index in [1.54, 1.807) is 23.8 Å². The number of carbonyl (C=O) groups is 1. The second kappa shape index (κ2) is 8.49. The van der Waals surface area contributed by atoms with Crippen LogP contribution < -0.4 is 5.32 Å². The topological polar surface area (TPSA) is 93.2 Å². The number of aromatic nitrogens is 6. The summed E-state index contributed by atoms with van der Waals surface area (Å²) in [4.78, 5) is 28.0. The van der Waals surface area contributed by atoms with Crippen molar-refractivity contribution in [3.63, 3.8) is 0 Å². The van der Waals surface area contributed by atoms with E-state index < -0.39 is 13.0 Å². The lowest BCUT2D eigenvalue weighted by molar-refractivity contribution is -0.145. The number of carbonyl (C=O) groups excluding carboxylic acids is 1. The Balaban J connectivity index is 1.20. The molecule has 0 spiro atoms. The second-order valence-corrected chi connectivity index (χ2v) is 10.2. The van der Waals surface area contributed by atoms with Gasteiger partial charge in [0, 0.05) is 42.7 Å². The summed E-state index contributed by atoms with van der Waals surface area (Å²) in [6, 6.07) is 3.89. The number of likely N-dealkylation sites (tertiary alicyclic amines) is 1. The molecule has 4 aromatic heterocycles. The highest BCUT2D eigenvalue weighted by molar-refractivity contribution is 5.86. The van der Waals surface area contributed by atoms with E-state index in [4.69, 9.17) is 0 Å². The number of rotatable bonds is 6. The zero-order valence-electron chi connectivity index (χ0n) is 20.3. The highest BCUT2D eigenvalue weighted by Crippen LogP contribution is 2.44. The van der Waals surface area contributed by atoms with Gasteiger partial charge in [-0.2, -0.15) is 0 Å². The van der Waals surface area contributed by atoms with Gasteiger partial charge in [-0.15, -0.1) is 5.10 Å². The average Bonchev–Trinajstić information content (AvgIpc) is 3.56. The molecule has 1 saturated heterocycles. The van der Waals surface area contributed by atoms with Crippen molar-refractivity contribution in [3.05, 3.63) is 36.5 Å². The molecule has 0 bridgehead atoms. The number of nitrogens with one attached hydrogen (secondary N) is 1. The van der Waals surface area contributed by atoms with E-state index in [9.17, 15) is 13.6 Å². The standard InChI is InChI=1S/C25H28F2N8O/c1-15-30-22-19(34(15)14-21(26)27)9-16(12-28-22)18-5-8-35-20(18)13-29-24(32-35)31-17-10-25(2,11-17)23(36)33-6-3-4-7-33/h5,8-9,12-13,17,21H,3-4,6-7,10-11,14H2,1-2H3,(H,31,32). The Hall–Kier alpha value is -3.63. The lowest BCUT2D eigenvalue weighted by Crippen LogP contribution is -2.53. The highest BCUT2D eigenvalue weighted by Gasteiger charge is 2.48. The number of pyridine rings is 1. The summed E-state index contributed by atoms with van der Waals surface area (Å²) in [5.74, 6) is 1.27. The van der Waals surface area contributed by atoms with Gasteiger partial charge in [-0.25, -0.2) is 28.2 Å². The number of aryl methyl sites for hydroxylation is 1. The van der Waals surface area contributed by atoms with Gasteiger partial charge in [0.25, 0.3) is 6.43 Å². The molecule has 188 valence electrons. The van der Waals surface area contributed by atoms with E-state index in [2.05, 4.69) is 25.4 Å². The highest BCUT2D eigenvalue weighted by atomic mass is 19.3. The molecule has 1 aliphatic heterocycles. The number of imidazole rings is 1. The number of fused-ring (bicyclic) bond motifs is 2. The maximum absolute atomic E-state index is 13.1. The molecule has 0 aromatic carbocycles. The summed E-state index contributed by atoms with van der Waals surface area (Å²) in [5, 5.41) is 7.96. The van der Waals surface area contributed by atoms with E-state index in [-0.39, 0.29) is 17.4 Å². The van der Waals surface area contributed by atoms with E-state index in [1.807, 2.05) is 30.2 Å². The summed E-state index contributed by atoms with van der Waals surface area (Å²) in [6.45, 7) is 5.07. The molecule has 0 atom stereocenters. The Labute approximate surface area is 206 Å². The smallest absolute Gasteiger partial charge is 0.256 e. The van der Waals surface area contributed by atoms with Crippen molar-refractivity contribution in [2.45, 2.75) is 58.5 Å². The van der Waals surface area contributed by atoms with Crippen molar-refractivity contribution in [2.24, 2.45) is 5.41 Å². The zero-order chi connectivity index (χ0) is 25.0. The molecule has 4 aromatic rings. The fraction of sp³-hybridized carbons (Fsp3) is 0.480. The number of halogens is 2. The van der Waals surface area contributed by atoms with Crippen LogP contribution in [-0.2, 0) is 11.3 Å². The molecule has 11 heteroatoms. The first-order chi connectivity index (χ1) is 17.3. The van der Waals surface area contributed by atoms with Crippen LogP contribution in [0.25, 0.3) is 27.8 Å². The number of nitrogens with zero attached hydrogens (tertiary/aromatic N) is 7. The van der Waals surface area contributed by atoms with Gasteiger partial charge in [-0.05, 0) is 44.7 Å². The summed E-state index contributed by atoms with van der Waals surface area (Å²) in [5.41, 5.74) is 3.11. The van der Waals surface area contributed by atoms with Crippen LogP contribution in [0.1, 0.15) is 38.4 Å². The lowest BCUT2D eigenvalue weighted by Gasteiger charge is -2.45. The van der Waals surface area contributed by atoms with E-state index >= 15 is 0 Å². The maximum Gasteiger partial charge on any atom is 0.256 e. The minimum atomic E-state index is -2.48. The summed E-state index contributed by atoms with van der Waals surface area (Å²) >= 11 is 0. The predicted octanol–water partition coefficient (Wildman–Crippen LogP) is 3.92. The first-order valence-corrected chi connectivity index (χ1v) is 12.3. The molecule has 2 fully saturated rings. The zero-order valence-corrected chi connectivity index (χ0v) is 20.3. The summed E-state index contributed by atoms with van der Waals surface area (Å²) < 4.78 is 29.4. The molecule has 1 N–H and O–H groups in total. The van der Waals surface area contributed by atoms with Crippen molar-refractivity contribution in [1.29, 1.82) is 0 Å². The van der Waals surface area contributed by atoms with Gasteiger partial charge >= 0.3 is 0 Å². The quantitative estimate of drug-likeness (QED) is 0.437. The van der Waals surface area contributed by atoms with Crippen molar-refractivity contribution < 1.29 is 13.6 Å². The molecule has 2 aliphatic rings. The number of anilines is 1. The molecule has 0 unspecified atom stereocenters. The lowest BCUT2D eigenvalue weighted by atomic mass is 9.66. The van der Waals surface area contributed by atoms with Crippen LogP contribution in [0.4, 0.5) is 14.7 Å². The Morgan fingerprint density at radius 1 is 1.19 bits per heavy atom. The number of hydrogen-bond acceptors (Lipinski definition) is 6. The maximum atomic E-state index is 13.1. The molecular weight excluding hydrogens is 466 g/mol. The molecule has 36 heavy (non-hydrogen) atoms. The van der Waals surface area contributed by atoms with Crippen LogP contribution in [-0.4, -0.2) is 65.5 Å². The van der Waals surface area contributed by atoms with Gasteiger partial charge in [-0.3, -0.25) is 4.79 Å².